The SMILES string of the molecule is c1nc2c([nH]1)CCNC2C12CC3CC(CC(C3)C1)C2. The molecule has 5 aliphatic rings. The Bertz CT molecular complexity index is 469. The van der Waals surface area contributed by atoms with E-state index in [0.29, 0.717) is 11.5 Å². The molecule has 2 heterocycles. The Hall–Kier alpha value is -0.830. The summed E-state index contributed by atoms with van der Waals surface area (Å²) in [6.45, 7) is 1.13. The van der Waals surface area contributed by atoms with Crippen molar-refractivity contribution in [3.63, 3.8) is 0 Å². The number of hydrogen-bond donors (Lipinski definition) is 2. The van der Waals surface area contributed by atoms with Crippen molar-refractivity contribution >= 4 is 0 Å². The minimum absolute atomic E-state index is 0.538. The van der Waals surface area contributed by atoms with E-state index < -0.39 is 0 Å². The summed E-state index contributed by atoms with van der Waals surface area (Å²) >= 11 is 0. The predicted octanol–water partition coefficient (Wildman–Crippen LogP) is 2.81. The molecule has 4 bridgehead atoms. The maximum Gasteiger partial charge on any atom is 0.0925 e. The molecule has 19 heavy (non-hydrogen) atoms. The molecule has 0 saturated heterocycles. The fourth-order valence-corrected chi connectivity index (χ4v) is 6.26. The first-order valence-electron chi connectivity index (χ1n) is 8.08. The van der Waals surface area contributed by atoms with Gasteiger partial charge in [0.2, 0.25) is 0 Å². The zero-order valence-corrected chi connectivity index (χ0v) is 11.5. The lowest BCUT2D eigenvalue weighted by atomic mass is 9.47. The van der Waals surface area contributed by atoms with Crippen molar-refractivity contribution in [1.29, 1.82) is 0 Å². The maximum absolute atomic E-state index is 4.68. The second-order valence-corrected chi connectivity index (χ2v) is 7.68. The molecule has 1 aromatic rings. The van der Waals surface area contributed by atoms with Gasteiger partial charge < -0.3 is 10.3 Å². The Balaban J connectivity index is 1.57. The number of fused-ring (bicyclic) bond motifs is 1. The summed E-state index contributed by atoms with van der Waals surface area (Å²) in [4.78, 5) is 8.05. The largest absolute Gasteiger partial charge is 0.348 e. The summed E-state index contributed by atoms with van der Waals surface area (Å²) in [5.74, 6) is 3.08. The summed E-state index contributed by atoms with van der Waals surface area (Å²) in [6.07, 6.45) is 12.0. The minimum atomic E-state index is 0.538. The third-order valence-corrected chi connectivity index (χ3v) is 6.45. The van der Waals surface area contributed by atoms with Gasteiger partial charge in [-0.1, -0.05) is 0 Å². The lowest BCUT2D eigenvalue weighted by Crippen LogP contribution is -2.53. The monoisotopic (exact) mass is 257 g/mol. The van der Waals surface area contributed by atoms with E-state index in [1.54, 1.807) is 0 Å². The van der Waals surface area contributed by atoms with Gasteiger partial charge in [0, 0.05) is 18.7 Å². The highest BCUT2D eigenvalue weighted by Crippen LogP contribution is 2.64. The Kier molecular flexibility index (Phi) is 2.08. The second kappa shape index (κ2) is 3.63. The number of nitrogens with one attached hydrogen (secondary N) is 2. The van der Waals surface area contributed by atoms with E-state index in [4.69, 9.17) is 0 Å². The summed E-state index contributed by atoms with van der Waals surface area (Å²) in [7, 11) is 0. The molecule has 1 unspecified atom stereocenters. The van der Waals surface area contributed by atoms with Crippen LogP contribution in [0.15, 0.2) is 6.33 Å². The van der Waals surface area contributed by atoms with E-state index >= 15 is 0 Å². The van der Waals surface area contributed by atoms with E-state index in [2.05, 4.69) is 15.3 Å². The van der Waals surface area contributed by atoms with E-state index in [9.17, 15) is 0 Å². The quantitative estimate of drug-likeness (QED) is 0.812. The highest BCUT2D eigenvalue weighted by Gasteiger charge is 2.55. The van der Waals surface area contributed by atoms with E-state index in [-0.39, 0.29) is 0 Å². The fraction of sp³-hybridized carbons (Fsp3) is 0.812. The molecule has 1 atom stereocenters. The average molecular weight is 257 g/mol. The summed E-state index contributed by atoms with van der Waals surface area (Å²) in [6, 6.07) is 0.538. The normalized spacial score (nSPS) is 47.4. The molecule has 0 radical (unpaired) electrons. The average Bonchev–Trinajstić information content (AvgIpc) is 2.84. The van der Waals surface area contributed by atoms with Crippen LogP contribution in [0.5, 0.6) is 0 Å². The topological polar surface area (TPSA) is 40.7 Å². The molecular formula is C16H23N3. The molecule has 4 aliphatic carbocycles. The summed E-state index contributed by atoms with van der Waals surface area (Å²) < 4.78 is 0. The molecule has 1 aromatic heterocycles. The molecule has 0 amide bonds. The van der Waals surface area contributed by atoms with Crippen molar-refractivity contribution in [2.75, 3.05) is 6.54 Å². The van der Waals surface area contributed by atoms with Crippen LogP contribution < -0.4 is 5.32 Å². The summed E-state index contributed by atoms with van der Waals surface area (Å²) in [5.41, 5.74) is 3.30. The lowest BCUT2D eigenvalue weighted by molar-refractivity contribution is -0.0766. The van der Waals surface area contributed by atoms with Crippen molar-refractivity contribution < 1.29 is 0 Å². The van der Waals surface area contributed by atoms with Crippen LogP contribution in [0, 0.1) is 23.2 Å². The van der Waals surface area contributed by atoms with Crippen LogP contribution >= 0.6 is 0 Å². The first kappa shape index (κ1) is 10.9. The van der Waals surface area contributed by atoms with Crippen LogP contribution in [-0.2, 0) is 6.42 Å². The lowest BCUT2D eigenvalue weighted by Gasteiger charge is -2.59. The molecule has 6 rings (SSSR count). The molecular weight excluding hydrogens is 234 g/mol. The van der Waals surface area contributed by atoms with Gasteiger partial charge in [-0.25, -0.2) is 4.98 Å². The fourth-order valence-electron chi connectivity index (χ4n) is 6.26. The molecule has 2 N–H and O–H groups in total. The van der Waals surface area contributed by atoms with Crippen LogP contribution in [0.25, 0.3) is 0 Å². The van der Waals surface area contributed by atoms with Gasteiger partial charge in [0.25, 0.3) is 0 Å². The van der Waals surface area contributed by atoms with Crippen LogP contribution in [0.4, 0.5) is 0 Å². The number of H-pyrrole nitrogens is 1. The predicted molar refractivity (Wildman–Crippen MR) is 73.6 cm³/mol. The number of nitrogens with zero attached hydrogens (tertiary/aromatic N) is 1. The number of aromatic nitrogens is 2. The van der Waals surface area contributed by atoms with Gasteiger partial charge in [-0.05, 0) is 61.7 Å². The highest BCUT2D eigenvalue weighted by molar-refractivity contribution is 5.24. The first-order chi connectivity index (χ1) is 9.32. The molecule has 3 heteroatoms. The van der Waals surface area contributed by atoms with Crippen molar-refractivity contribution in [3.8, 4) is 0 Å². The zero-order chi connectivity index (χ0) is 12.4. The van der Waals surface area contributed by atoms with Crippen LogP contribution in [0.1, 0.15) is 56.0 Å². The molecule has 3 nitrogen and oxygen atoms in total. The molecule has 4 saturated carbocycles. The van der Waals surface area contributed by atoms with Gasteiger partial charge in [-0.2, -0.15) is 0 Å². The van der Waals surface area contributed by atoms with Gasteiger partial charge >= 0.3 is 0 Å². The van der Waals surface area contributed by atoms with Gasteiger partial charge in [0.1, 0.15) is 0 Å². The smallest absolute Gasteiger partial charge is 0.0925 e. The Morgan fingerprint density at radius 3 is 2.42 bits per heavy atom. The van der Waals surface area contributed by atoms with Gasteiger partial charge in [-0.3, -0.25) is 0 Å². The number of hydrogen-bond acceptors (Lipinski definition) is 2. The Morgan fingerprint density at radius 1 is 1.05 bits per heavy atom. The van der Waals surface area contributed by atoms with Crippen molar-refractivity contribution in [3.05, 3.63) is 17.7 Å². The van der Waals surface area contributed by atoms with Crippen molar-refractivity contribution in [2.24, 2.45) is 23.2 Å². The van der Waals surface area contributed by atoms with Gasteiger partial charge in [-0.15, -0.1) is 0 Å². The molecule has 102 valence electrons. The molecule has 0 aromatic carbocycles. The maximum atomic E-state index is 4.68. The third kappa shape index (κ3) is 1.45. The van der Waals surface area contributed by atoms with E-state index in [1.165, 1.54) is 49.9 Å². The number of aromatic amines is 1. The van der Waals surface area contributed by atoms with Crippen LogP contribution in [-0.4, -0.2) is 16.5 Å². The molecule has 4 fully saturated rings. The van der Waals surface area contributed by atoms with E-state index in [0.717, 1.165) is 30.7 Å². The highest BCUT2D eigenvalue weighted by atomic mass is 15.0. The first-order valence-corrected chi connectivity index (χ1v) is 8.08. The molecule has 0 spiro atoms. The van der Waals surface area contributed by atoms with Gasteiger partial charge in [0.05, 0.1) is 18.1 Å². The summed E-state index contributed by atoms with van der Waals surface area (Å²) in [5, 5.41) is 3.84. The second-order valence-electron chi connectivity index (χ2n) is 7.68. The Labute approximate surface area is 114 Å². The number of rotatable bonds is 1. The third-order valence-electron chi connectivity index (χ3n) is 6.45. The zero-order valence-electron chi connectivity index (χ0n) is 11.5. The molecule has 1 aliphatic heterocycles. The Morgan fingerprint density at radius 2 is 1.74 bits per heavy atom. The van der Waals surface area contributed by atoms with E-state index in [1.807, 2.05) is 6.33 Å². The standard InChI is InChI=1S/C16H23N3/c1-2-17-15(14-13(1)18-9-19-14)16-6-10-3-11(7-16)5-12(4-10)8-16/h9-12,15,17H,1-8H2,(H,18,19). The number of imidazole rings is 1. The van der Waals surface area contributed by atoms with Crippen molar-refractivity contribution in [2.45, 2.75) is 51.0 Å². The van der Waals surface area contributed by atoms with Crippen molar-refractivity contribution in [1.82, 2.24) is 15.3 Å². The minimum Gasteiger partial charge on any atom is -0.348 e. The van der Waals surface area contributed by atoms with Crippen LogP contribution in [0.3, 0.4) is 0 Å². The van der Waals surface area contributed by atoms with Crippen LogP contribution in [0.2, 0.25) is 0 Å². The van der Waals surface area contributed by atoms with Gasteiger partial charge in [0.15, 0.2) is 0 Å².